The lowest BCUT2D eigenvalue weighted by atomic mass is 10.1. The van der Waals surface area contributed by atoms with Gasteiger partial charge in [-0.15, -0.1) is 0 Å². The first kappa shape index (κ1) is 64.5. The fraction of sp³-hybridized carbons (Fsp3) is 0.603. The molecule has 69 heavy (non-hydrogen) atoms. The molecule has 6 heteroatoms. The fourth-order valence-corrected chi connectivity index (χ4v) is 7.07. The Morgan fingerprint density at radius 2 is 0.609 bits per heavy atom. The van der Waals surface area contributed by atoms with E-state index >= 15 is 0 Å². The van der Waals surface area contributed by atoms with Gasteiger partial charge < -0.3 is 14.2 Å². The highest BCUT2D eigenvalue weighted by Gasteiger charge is 2.19. The van der Waals surface area contributed by atoms with Crippen LogP contribution >= 0.6 is 0 Å². The Balaban J connectivity index is 4.53. The topological polar surface area (TPSA) is 78.9 Å². The van der Waals surface area contributed by atoms with Crippen LogP contribution < -0.4 is 0 Å². The van der Waals surface area contributed by atoms with E-state index in [-0.39, 0.29) is 38.0 Å². The Bertz CT molecular complexity index is 1510. The molecule has 0 aromatic heterocycles. The Kier molecular flexibility index (Phi) is 52.5. The van der Waals surface area contributed by atoms with Gasteiger partial charge in [-0.1, -0.05) is 225 Å². The van der Waals surface area contributed by atoms with Crippen molar-refractivity contribution in [1.82, 2.24) is 0 Å². The van der Waals surface area contributed by atoms with Crippen molar-refractivity contribution in [3.63, 3.8) is 0 Å². The molecule has 1 unspecified atom stereocenters. The quantitative estimate of drug-likeness (QED) is 0.0262. The predicted octanol–water partition coefficient (Wildman–Crippen LogP) is 18.6. The molecule has 0 fully saturated rings. The number of esters is 3. The van der Waals surface area contributed by atoms with Crippen molar-refractivity contribution >= 4 is 17.9 Å². The molecule has 0 bridgehead atoms. The number of unbranched alkanes of at least 4 members (excludes halogenated alkanes) is 16. The smallest absolute Gasteiger partial charge is 0.310 e. The van der Waals surface area contributed by atoms with Crippen LogP contribution in [0, 0.1) is 0 Å². The highest BCUT2D eigenvalue weighted by molar-refractivity contribution is 5.72. The van der Waals surface area contributed by atoms with Crippen molar-refractivity contribution in [2.24, 2.45) is 0 Å². The molecule has 0 spiro atoms. The molecule has 1 atom stereocenters. The minimum absolute atomic E-state index is 0.0814. The second-order valence-electron chi connectivity index (χ2n) is 17.7. The number of carbonyl (C=O) groups is 3. The summed E-state index contributed by atoms with van der Waals surface area (Å²) in [5.41, 5.74) is 0. The lowest BCUT2D eigenvalue weighted by Crippen LogP contribution is -2.30. The van der Waals surface area contributed by atoms with E-state index in [1.165, 1.54) is 83.5 Å². The molecular weight excluding hydrogens is 853 g/mol. The zero-order valence-corrected chi connectivity index (χ0v) is 44.3. The van der Waals surface area contributed by atoms with E-state index in [0.29, 0.717) is 19.3 Å². The Hall–Kier alpha value is -4.45. The summed E-state index contributed by atoms with van der Waals surface area (Å²) in [5, 5.41) is 0. The van der Waals surface area contributed by atoms with Gasteiger partial charge in [0.05, 0.1) is 6.42 Å². The SMILES string of the molecule is CC/C=C\C/C=C\C/C=C\C/C=C\C/C=C\CC(=O)OC(COC(=O)CCCC/C=C\C/C=C\C/C=C\C/C=C\CC)COC(=O)CCCCCCCCCCC/C=C\C/C=C\CCCCCCC. The molecule has 0 aromatic rings. The van der Waals surface area contributed by atoms with Gasteiger partial charge in [0, 0.05) is 12.8 Å². The fourth-order valence-electron chi connectivity index (χ4n) is 7.07. The highest BCUT2D eigenvalue weighted by atomic mass is 16.6. The van der Waals surface area contributed by atoms with Gasteiger partial charge in [0.25, 0.3) is 0 Å². The van der Waals surface area contributed by atoms with Gasteiger partial charge in [0.2, 0.25) is 0 Å². The van der Waals surface area contributed by atoms with Crippen molar-refractivity contribution in [3.8, 4) is 0 Å². The summed E-state index contributed by atoms with van der Waals surface area (Å²) in [6, 6.07) is 0. The van der Waals surface area contributed by atoms with Gasteiger partial charge in [0.15, 0.2) is 6.10 Å². The van der Waals surface area contributed by atoms with Gasteiger partial charge in [0.1, 0.15) is 13.2 Å². The summed E-state index contributed by atoms with van der Waals surface area (Å²) in [6.45, 7) is 6.26. The third-order valence-electron chi connectivity index (χ3n) is 11.2. The van der Waals surface area contributed by atoms with Crippen LogP contribution in [-0.4, -0.2) is 37.2 Å². The summed E-state index contributed by atoms with van der Waals surface area (Å²) < 4.78 is 16.7. The van der Waals surface area contributed by atoms with Crippen LogP contribution in [0.5, 0.6) is 0 Å². The van der Waals surface area contributed by atoms with Crippen molar-refractivity contribution in [1.29, 1.82) is 0 Å². The van der Waals surface area contributed by atoms with Gasteiger partial charge in [-0.25, -0.2) is 0 Å². The summed E-state index contributed by atoms with van der Waals surface area (Å²) in [5.74, 6) is -1.12. The van der Waals surface area contributed by atoms with Gasteiger partial charge in [-0.3, -0.25) is 14.4 Å². The number of ether oxygens (including phenoxy) is 3. The molecule has 0 saturated carbocycles. The molecule has 0 amide bonds. The summed E-state index contributed by atoms with van der Waals surface area (Å²) in [6.07, 6.45) is 79.0. The van der Waals surface area contributed by atoms with Crippen LogP contribution in [0.15, 0.2) is 134 Å². The number of carbonyl (C=O) groups excluding carboxylic acids is 3. The van der Waals surface area contributed by atoms with Crippen molar-refractivity contribution in [2.75, 3.05) is 13.2 Å². The third kappa shape index (κ3) is 54.4. The maximum Gasteiger partial charge on any atom is 0.310 e. The summed E-state index contributed by atoms with van der Waals surface area (Å²) in [7, 11) is 0. The van der Waals surface area contributed by atoms with E-state index in [4.69, 9.17) is 14.2 Å². The Labute approximate surface area is 424 Å². The lowest BCUT2D eigenvalue weighted by Gasteiger charge is -2.18. The van der Waals surface area contributed by atoms with Crippen LogP contribution in [0.3, 0.4) is 0 Å². The molecular formula is C63H100O6. The van der Waals surface area contributed by atoms with E-state index in [1.54, 1.807) is 6.08 Å². The van der Waals surface area contributed by atoms with E-state index in [9.17, 15) is 14.4 Å². The number of allylic oxidation sites excluding steroid dienone is 21. The second-order valence-corrected chi connectivity index (χ2v) is 17.7. The van der Waals surface area contributed by atoms with Gasteiger partial charge in [-0.05, 0) is 116 Å². The van der Waals surface area contributed by atoms with Crippen LogP contribution in [0.25, 0.3) is 0 Å². The minimum atomic E-state index is -0.856. The number of hydrogen-bond donors (Lipinski definition) is 0. The van der Waals surface area contributed by atoms with Crippen LogP contribution in [0.4, 0.5) is 0 Å². The molecule has 0 rings (SSSR count). The monoisotopic (exact) mass is 953 g/mol. The standard InChI is InChI=1S/C63H100O6/c1-4-7-10-13-16-19-22-25-28-29-30-31-32-33-36-38-41-44-47-50-53-56-62(65)68-59-60(69-63(66)57-54-51-48-45-42-39-35-27-24-21-18-15-12-9-6-3)58-67-61(64)55-52-49-46-43-40-37-34-26-23-20-17-14-11-8-5-2/h8-9,11-12,17-18,20-22,25-27,29-30,34-35,40,42-43,45,51,54,60H,4-7,10,13-16,19,23-24,28,31-33,36-39,41,44,46-50,52-53,55-59H2,1-3H3/b11-8-,12-9-,20-17-,21-18-,25-22-,30-29-,34-26-,35-27-,43-40-,45-42-,54-51-. The van der Waals surface area contributed by atoms with E-state index in [0.717, 1.165) is 89.9 Å². The van der Waals surface area contributed by atoms with Crippen molar-refractivity contribution < 1.29 is 28.6 Å². The average Bonchev–Trinajstić information content (AvgIpc) is 3.35. The molecule has 388 valence electrons. The number of rotatable bonds is 48. The highest BCUT2D eigenvalue weighted by Crippen LogP contribution is 2.13. The van der Waals surface area contributed by atoms with E-state index < -0.39 is 12.1 Å². The van der Waals surface area contributed by atoms with Crippen LogP contribution in [0.2, 0.25) is 0 Å². The van der Waals surface area contributed by atoms with E-state index in [2.05, 4.69) is 142 Å². The minimum Gasteiger partial charge on any atom is -0.462 e. The van der Waals surface area contributed by atoms with Crippen molar-refractivity contribution in [2.45, 2.75) is 232 Å². The maximum atomic E-state index is 12.8. The average molecular weight is 953 g/mol. The molecule has 0 saturated heterocycles. The molecule has 0 aromatic carbocycles. The predicted molar refractivity (Wildman–Crippen MR) is 297 cm³/mol. The summed E-state index contributed by atoms with van der Waals surface area (Å²) >= 11 is 0. The summed E-state index contributed by atoms with van der Waals surface area (Å²) in [4.78, 5) is 38.0. The Morgan fingerprint density at radius 3 is 0.986 bits per heavy atom. The maximum absolute atomic E-state index is 12.8. The molecule has 6 nitrogen and oxygen atoms in total. The molecule has 0 radical (unpaired) electrons. The molecule has 0 aliphatic heterocycles. The molecule has 0 heterocycles. The molecule has 0 aliphatic carbocycles. The second kappa shape index (κ2) is 56.1. The normalized spacial score (nSPS) is 13.1. The Morgan fingerprint density at radius 1 is 0.319 bits per heavy atom. The van der Waals surface area contributed by atoms with E-state index in [1.807, 2.05) is 6.08 Å². The largest absolute Gasteiger partial charge is 0.462 e. The van der Waals surface area contributed by atoms with Gasteiger partial charge >= 0.3 is 17.9 Å². The lowest BCUT2D eigenvalue weighted by molar-refractivity contribution is -0.166. The third-order valence-corrected chi connectivity index (χ3v) is 11.2. The van der Waals surface area contributed by atoms with Crippen LogP contribution in [-0.2, 0) is 28.6 Å². The zero-order chi connectivity index (χ0) is 50.0. The van der Waals surface area contributed by atoms with Crippen LogP contribution in [0.1, 0.15) is 226 Å². The number of hydrogen-bond acceptors (Lipinski definition) is 6. The first-order valence-corrected chi connectivity index (χ1v) is 27.7. The van der Waals surface area contributed by atoms with Crippen molar-refractivity contribution in [3.05, 3.63) is 134 Å². The van der Waals surface area contributed by atoms with Gasteiger partial charge in [-0.2, -0.15) is 0 Å². The molecule has 0 N–H and O–H groups in total. The molecule has 0 aliphatic rings. The zero-order valence-electron chi connectivity index (χ0n) is 44.3. The first-order valence-electron chi connectivity index (χ1n) is 27.7. The first-order chi connectivity index (χ1) is 34.0.